The molecule has 0 spiro atoms. The summed E-state index contributed by atoms with van der Waals surface area (Å²) in [5.41, 5.74) is 12.6. The quantitative estimate of drug-likeness (QED) is 0.434. The van der Waals surface area contributed by atoms with E-state index in [1.54, 1.807) is 11.3 Å². The normalized spacial score (nSPS) is 10.8. The predicted molar refractivity (Wildman–Crippen MR) is 116 cm³/mol. The van der Waals surface area contributed by atoms with Crippen LogP contribution in [0.15, 0.2) is 53.7 Å². The third kappa shape index (κ3) is 5.97. The van der Waals surface area contributed by atoms with Gasteiger partial charge >= 0.3 is 0 Å². The molecule has 6 nitrogen and oxygen atoms in total. The molecule has 1 aromatic carbocycles. The summed E-state index contributed by atoms with van der Waals surface area (Å²) in [6.45, 7) is 3.33. The van der Waals surface area contributed by atoms with E-state index in [0.29, 0.717) is 29.9 Å². The van der Waals surface area contributed by atoms with Crippen molar-refractivity contribution in [2.75, 3.05) is 23.8 Å². The van der Waals surface area contributed by atoms with Crippen molar-refractivity contribution in [1.29, 1.82) is 0 Å². The summed E-state index contributed by atoms with van der Waals surface area (Å²) in [6.07, 6.45) is 0.809. The Hall–Kier alpha value is -2.58. The molecule has 1 amide bonds. The summed E-state index contributed by atoms with van der Waals surface area (Å²) in [4.78, 5) is 25.5. The van der Waals surface area contributed by atoms with Crippen LogP contribution >= 0.6 is 23.1 Å². The first-order valence-corrected chi connectivity index (χ1v) is 10.7. The molecular weight excluding hydrogens is 390 g/mol. The molecule has 0 unspecified atom stereocenters. The number of benzene rings is 1. The number of carbonyl (C=O) groups is 1. The standard InChI is InChI=1S/C20H23N5OS2/c1-14-7-8-16(28-14)12-25(10-9-15-5-3-2-4-6-15)19(26)13-27-20-23-17(21)11-18(22)24-20/h2-8,11H,9-10,12-13H2,1H3,(H4,21,22,23,24). The Morgan fingerprint density at radius 2 is 1.82 bits per heavy atom. The second kappa shape index (κ2) is 9.57. The number of anilines is 2. The minimum absolute atomic E-state index is 0.0385. The first-order chi connectivity index (χ1) is 13.5. The number of hydrogen-bond acceptors (Lipinski definition) is 7. The average molecular weight is 414 g/mol. The molecule has 2 aromatic heterocycles. The van der Waals surface area contributed by atoms with E-state index in [4.69, 9.17) is 11.5 Å². The number of nitrogens with two attached hydrogens (primary N) is 2. The summed E-state index contributed by atoms with van der Waals surface area (Å²) in [5.74, 6) is 0.883. The lowest BCUT2D eigenvalue weighted by molar-refractivity contribution is -0.128. The molecule has 0 atom stereocenters. The van der Waals surface area contributed by atoms with Gasteiger partial charge in [0.25, 0.3) is 0 Å². The summed E-state index contributed by atoms with van der Waals surface area (Å²) in [6, 6.07) is 15.8. The van der Waals surface area contributed by atoms with Crippen LogP contribution in [0, 0.1) is 6.92 Å². The summed E-state index contributed by atoms with van der Waals surface area (Å²) in [7, 11) is 0. The molecule has 3 aromatic rings. The third-order valence-corrected chi connectivity index (χ3v) is 5.90. The van der Waals surface area contributed by atoms with Gasteiger partial charge in [-0.1, -0.05) is 42.1 Å². The number of aryl methyl sites for hydroxylation is 1. The van der Waals surface area contributed by atoms with Crippen LogP contribution in [0.2, 0.25) is 0 Å². The van der Waals surface area contributed by atoms with Gasteiger partial charge < -0.3 is 16.4 Å². The van der Waals surface area contributed by atoms with Crippen molar-refractivity contribution in [2.24, 2.45) is 0 Å². The first-order valence-electron chi connectivity index (χ1n) is 8.89. The highest BCUT2D eigenvalue weighted by molar-refractivity contribution is 7.99. The molecule has 3 rings (SSSR count). The molecule has 0 aliphatic heterocycles. The van der Waals surface area contributed by atoms with E-state index in [9.17, 15) is 4.79 Å². The summed E-state index contributed by atoms with van der Waals surface area (Å²) in [5, 5.41) is 0.417. The second-order valence-electron chi connectivity index (χ2n) is 6.35. The van der Waals surface area contributed by atoms with E-state index in [-0.39, 0.29) is 11.7 Å². The zero-order chi connectivity index (χ0) is 19.9. The van der Waals surface area contributed by atoms with Crippen LogP contribution < -0.4 is 11.5 Å². The van der Waals surface area contributed by atoms with Gasteiger partial charge in [0.15, 0.2) is 5.16 Å². The molecular formula is C20H23N5OS2. The number of nitrogens with zero attached hydrogens (tertiary/aromatic N) is 3. The van der Waals surface area contributed by atoms with Gasteiger partial charge in [-0.2, -0.15) is 0 Å². The van der Waals surface area contributed by atoms with Gasteiger partial charge in [-0.3, -0.25) is 4.79 Å². The van der Waals surface area contributed by atoms with Crippen LogP contribution in [0.4, 0.5) is 11.6 Å². The number of rotatable bonds is 8. The highest BCUT2D eigenvalue weighted by Crippen LogP contribution is 2.20. The molecule has 0 saturated heterocycles. The van der Waals surface area contributed by atoms with Crippen molar-refractivity contribution < 1.29 is 4.79 Å². The maximum atomic E-state index is 12.9. The van der Waals surface area contributed by atoms with Gasteiger partial charge in [0.2, 0.25) is 5.91 Å². The number of hydrogen-bond donors (Lipinski definition) is 2. The molecule has 0 saturated carbocycles. The molecule has 4 N–H and O–H groups in total. The van der Waals surface area contributed by atoms with Crippen LogP contribution in [-0.4, -0.2) is 33.1 Å². The number of aromatic nitrogens is 2. The minimum atomic E-state index is 0.0385. The van der Waals surface area contributed by atoms with Gasteiger partial charge in [-0.25, -0.2) is 9.97 Å². The molecule has 0 fully saturated rings. The van der Waals surface area contributed by atoms with Crippen LogP contribution in [-0.2, 0) is 17.8 Å². The Balaban J connectivity index is 1.66. The fourth-order valence-corrected chi connectivity index (χ4v) is 4.38. The number of thioether (sulfide) groups is 1. The molecule has 8 heteroatoms. The van der Waals surface area contributed by atoms with Crippen molar-refractivity contribution in [1.82, 2.24) is 14.9 Å². The maximum Gasteiger partial charge on any atom is 0.233 e. The average Bonchev–Trinajstić information content (AvgIpc) is 3.08. The molecule has 0 radical (unpaired) electrons. The zero-order valence-electron chi connectivity index (χ0n) is 15.7. The van der Waals surface area contributed by atoms with E-state index in [1.807, 2.05) is 23.1 Å². The van der Waals surface area contributed by atoms with Gasteiger partial charge in [0, 0.05) is 22.4 Å². The maximum absolute atomic E-state index is 12.9. The number of nitrogen functional groups attached to an aromatic ring is 2. The van der Waals surface area contributed by atoms with Crippen molar-refractivity contribution in [3.8, 4) is 0 Å². The monoisotopic (exact) mass is 413 g/mol. The Morgan fingerprint density at radius 3 is 2.46 bits per heavy atom. The lowest BCUT2D eigenvalue weighted by Crippen LogP contribution is -2.33. The third-order valence-electron chi connectivity index (χ3n) is 4.08. The molecule has 2 heterocycles. The largest absolute Gasteiger partial charge is 0.383 e. The Morgan fingerprint density at radius 1 is 1.11 bits per heavy atom. The van der Waals surface area contributed by atoms with Crippen molar-refractivity contribution in [3.63, 3.8) is 0 Å². The van der Waals surface area contributed by atoms with Crippen LogP contribution in [0.1, 0.15) is 15.3 Å². The van der Waals surface area contributed by atoms with Crippen molar-refractivity contribution in [2.45, 2.75) is 25.0 Å². The number of carbonyl (C=O) groups excluding carboxylic acids is 1. The number of thiophene rings is 1. The molecule has 146 valence electrons. The van der Waals surface area contributed by atoms with Crippen molar-refractivity contribution >= 4 is 40.6 Å². The topological polar surface area (TPSA) is 98.1 Å². The van der Waals surface area contributed by atoms with Crippen molar-refractivity contribution in [3.05, 3.63) is 63.8 Å². The molecule has 0 aliphatic rings. The molecule has 28 heavy (non-hydrogen) atoms. The smallest absolute Gasteiger partial charge is 0.233 e. The minimum Gasteiger partial charge on any atom is -0.383 e. The summed E-state index contributed by atoms with van der Waals surface area (Å²) >= 11 is 2.97. The predicted octanol–water partition coefficient (Wildman–Crippen LogP) is 3.37. The van der Waals surface area contributed by atoms with Gasteiger partial charge in [-0.05, 0) is 31.0 Å². The van der Waals surface area contributed by atoms with Crippen LogP contribution in [0.5, 0.6) is 0 Å². The van der Waals surface area contributed by atoms with E-state index in [0.717, 1.165) is 6.42 Å². The zero-order valence-corrected chi connectivity index (χ0v) is 17.3. The van der Waals surface area contributed by atoms with Crippen LogP contribution in [0.3, 0.4) is 0 Å². The lowest BCUT2D eigenvalue weighted by Gasteiger charge is -2.22. The lowest BCUT2D eigenvalue weighted by atomic mass is 10.1. The Labute approximate surface area is 173 Å². The summed E-state index contributed by atoms with van der Waals surface area (Å²) < 4.78 is 0. The fraction of sp³-hybridized carbons (Fsp3) is 0.250. The SMILES string of the molecule is Cc1ccc(CN(CCc2ccccc2)C(=O)CSc2nc(N)cc(N)n2)s1. The molecule has 0 aliphatic carbocycles. The Bertz CT molecular complexity index is 909. The van der Waals surface area contributed by atoms with E-state index in [1.165, 1.54) is 33.1 Å². The van der Waals surface area contributed by atoms with Gasteiger partial charge in [0.05, 0.1) is 12.3 Å². The van der Waals surface area contributed by atoms with Gasteiger partial charge in [0.1, 0.15) is 11.6 Å². The van der Waals surface area contributed by atoms with Crippen LogP contribution in [0.25, 0.3) is 0 Å². The fourth-order valence-electron chi connectivity index (χ4n) is 2.70. The highest BCUT2D eigenvalue weighted by Gasteiger charge is 2.16. The van der Waals surface area contributed by atoms with E-state index in [2.05, 4.69) is 41.2 Å². The molecule has 0 bridgehead atoms. The van der Waals surface area contributed by atoms with E-state index < -0.39 is 0 Å². The Kier molecular flexibility index (Phi) is 6.89. The highest BCUT2D eigenvalue weighted by atomic mass is 32.2. The first kappa shape index (κ1) is 20.2. The van der Waals surface area contributed by atoms with Gasteiger partial charge in [-0.15, -0.1) is 11.3 Å². The van der Waals surface area contributed by atoms with E-state index >= 15 is 0 Å². The second-order valence-corrected chi connectivity index (χ2v) is 8.67. The number of amides is 1.